The molecular formula is C10H13BrN4O3. The van der Waals surface area contributed by atoms with E-state index in [0.717, 1.165) is 12.8 Å². The number of piperidine rings is 1. The van der Waals surface area contributed by atoms with Gasteiger partial charge in [-0.2, -0.15) is 0 Å². The summed E-state index contributed by atoms with van der Waals surface area (Å²) in [7, 11) is 0. The molecule has 2 rings (SSSR count). The first kappa shape index (κ1) is 12.9. The molecule has 18 heavy (non-hydrogen) atoms. The van der Waals surface area contributed by atoms with Crippen LogP contribution in [0, 0.1) is 0 Å². The maximum atomic E-state index is 10.9. The molecular weight excluding hydrogens is 304 g/mol. The van der Waals surface area contributed by atoms with E-state index in [2.05, 4.69) is 25.9 Å². The zero-order valence-corrected chi connectivity index (χ0v) is 11.1. The molecule has 7 nitrogen and oxygen atoms in total. The van der Waals surface area contributed by atoms with E-state index < -0.39 is 6.09 Å². The summed E-state index contributed by atoms with van der Waals surface area (Å²) in [6, 6.07) is 0. The zero-order chi connectivity index (χ0) is 13.1. The zero-order valence-electron chi connectivity index (χ0n) is 9.54. The van der Waals surface area contributed by atoms with Crippen molar-refractivity contribution in [3.8, 4) is 5.88 Å². The first-order valence-electron chi connectivity index (χ1n) is 5.49. The molecule has 2 heterocycles. The standard InChI is InChI=1S/C10H13BrN4O3/c11-7-4-13-8(12)9(14-7)18-6-2-1-3-15(5-6)10(16)17/h4,6H,1-3,5H2,(H2,12,13)(H,16,17). The van der Waals surface area contributed by atoms with Crippen LogP contribution in [0.15, 0.2) is 10.8 Å². The number of ether oxygens (including phenoxy) is 1. The summed E-state index contributed by atoms with van der Waals surface area (Å²) < 4.78 is 6.14. The molecule has 1 fully saturated rings. The second kappa shape index (κ2) is 5.38. The number of hydrogen-bond donors (Lipinski definition) is 2. The first-order chi connectivity index (χ1) is 8.56. The number of carboxylic acid groups (broad SMARTS) is 1. The Balaban J connectivity index is 2.04. The lowest BCUT2D eigenvalue weighted by Crippen LogP contribution is -2.43. The van der Waals surface area contributed by atoms with Crippen LogP contribution in [0.3, 0.4) is 0 Å². The molecule has 0 aromatic carbocycles. The van der Waals surface area contributed by atoms with Gasteiger partial charge in [0.2, 0.25) is 0 Å². The van der Waals surface area contributed by atoms with E-state index in [1.165, 1.54) is 11.1 Å². The summed E-state index contributed by atoms with van der Waals surface area (Å²) in [5.41, 5.74) is 5.65. The summed E-state index contributed by atoms with van der Waals surface area (Å²) in [6.07, 6.45) is 1.85. The fourth-order valence-corrected chi connectivity index (χ4v) is 2.08. The second-order valence-corrected chi connectivity index (χ2v) is 4.81. The van der Waals surface area contributed by atoms with Gasteiger partial charge in [-0.1, -0.05) is 0 Å². The molecule has 1 amide bonds. The Labute approximate surface area is 112 Å². The summed E-state index contributed by atoms with van der Waals surface area (Å²) >= 11 is 3.18. The van der Waals surface area contributed by atoms with Gasteiger partial charge in [-0.3, -0.25) is 0 Å². The number of likely N-dealkylation sites (tertiary alicyclic amines) is 1. The average molecular weight is 317 g/mol. The van der Waals surface area contributed by atoms with Crippen LogP contribution in [0.5, 0.6) is 5.88 Å². The van der Waals surface area contributed by atoms with Gasteiger partial charge in [-0.25, -0.2) is 14.8 Å². The molecule has 1 aliphatic rings. The highest BCUT2D eigenvalue weighted by Crippen LogP contribution is 2.22. The third-order valence-electron chi connectivity index (χ3n) is 2.66. The number of nitrogens with two attached hydrogens (primary N) is 1. The Morgan fingerprint density at radius 1 is 1.67 bits per heavy atom. The molecule has 3 N–H and O–H groups in total. The smallest absolute Gasteiger partial charge is 0.407 e. The predicted octanol–water partition coefficient (Wildman–Crippen LogP) is 1.34. The molecule has 0 radical (unpaired) electrons. The van der Waals surface area contributed by atoms with Crippen LogP contribution in [0.1, 0.15) is 12.8 Å². The lowest BCUT2D eigenvalue weighted by molar-refractivity contribution is 0.0769. The summed E-state index contributed by atoms with van der Waals surface area (Å²) in [5.74, 6) is 0.437. The van der Waals surface area contributed by atoms with Crippen LogP contribution in [0.2, 0.25) is 0 Å². The normalized spacial score (nSPS) is 19.6. The SMILES string of the molecule is Nc1ncc(Br)nc1OC1CCCN(C(=O)O)C1. The molecule has 1 saturated heterocycles. The fraction of sp³-hybridized carbons (Fsp3) is 0.500. The number of carbonyl (C=O) groups is 1. The van der Waals surface area contributed by atoms with Crippen molar-refractivity contribution in [3.63, 3.8) is 0 Å². The minimum Gasteiger partial charge on any atom is -0.470 e. The van der Waals surface area contributed by atoms with Gasteiger partial charge in [0, 0.05) is 6.54 Å². The molecule has 0 aliphatic carbocycles. The van der Waals surface area contributed by atoms with Gasteiger partial charge in [0.25, 0.3) is 5.88 Å². The highest BCUT2D eigenvalue weighted by molar-refractivity contribution is 9.10. The Bertz CT molecular complexity index is 457. The monoisotopic (exact) mass is 316 g/mol. The van der Waals surface area contributed by atoms with E-state index >= 15 is 0 Å². The number of amides is 1. The van der Waals surface area contributed by atoms with Crippen molar-refractivity contribution < 1.29 is 14.6 Å². The second-order valence-electron chi connectivity index (χ2n) is 3.99. The van der Waals surface area contributed by atoms with E-state index in [1.54, 1.807) is 0 Å². The van der Waals surface area contributed by atoms with Gasteiger partial charge in [0.05, 0.1) is 12.7 Å². The molecule has 1 atom stereocenters. The molecule has 1 unspecified atom stereocenters. The average Bonchev–Trinajstić information content (AvgIpc) is 2.34. The highest BCUT2D eigenvalue weighted by atomic mass is 79.9. The van der Waals surface area contributed by atoms with E-state index in [1.807, 2.05) is 0 Å². The van der Waals surface area contributed by atoms with Crippen molar-refractivity contribution in [2.24, 2.45) is 0 Å². The first-order valence-corrected chi connectivity index (χ1v) is 6.28. The number of rotatable bonds is 2. The van der Waals surface area contributed by atoms with Crippen molar-refractivity contribution in [3.05, 3.63) is 10.8 Å². The lowest BCUT2D eigenvalue weighted by atomic mass is 10.1. The molecule has 0 bridgehead atoms. The molecule has 8 heteroatoms. The maximum absolute atomic E-state index is 10.9. The Morgan fingerprint density at radius 3 is 3.17 bits per heavy atom. The number of anilines is 1. The Morgan fingerprint density at radius 2 is 2.44 bits per heavy atom. The summed E-state index contributed by atoms with van der Waals surface area (Å²) in [5, 5.41) is 8.93. The van der Waals surface area contributed by atoms with Crippen molar-refractivity contribution in [2.75, 3.05) is 18.8 Å². The molecule has 1 aromatic rings. The summed E-state index contributed by atoms with van der Waals surface area (Å²) in [4.78, 5) is 20.2. The molecule has 0 saturated carbocycles. The largest absolute Gasteiger partial charge is 0.470 e. The van der Waals surface area contributed by atoms with Crippen LogP contribution in [0.4, 0.5) is 10.6 Å². The van der Waals surface area contributed by atoms with E-state index in [-0.39, 0.29) is 17.8 Å². The minimum atomic E-state index is -0.934. The summed E-state index contributed by atoms with van der Waals surface area (Å²) in [6.45, 7) is 0.859. The maximum Gasteiger partial charge on any atom is 0.407 e. The van der Waals surface area contributed by atoms with Crippen LogP contribution in [-0.4, -0.2) is 45.3 Å². The Kier molecular flexibility index (Phi) is 3.85. The van der Waals surface area contributed by atoms with Gasteiger partial charge < -0.3 is 20.5 Å². The third-order valence-corrected chi connectivity index (χ3v) is 3.05. The minimum absolute atomic E-state index is 0.200. The van der Waals surface area contributed by atoms with Gasteiger partial charge in [-0.05, 0) is 28.8 Å². The number of aromatic nitrogens is 2. The molecule has 98 valence electrons. The predicted molar refractivity (Wildman–Crippen MR) is 67.4 cm³/mol. The number of nitrogens with zero attached hydrogens (tertiary/aromatic N) is 3. The number of halogens is 1. The highest BCUT2D eigenvalue weighted by Gasteiger charge is 2.25. The van der Waals surface area contributed by atoms with Crippen molar-refractivity contribution >= 4 is 27.8 Å². The van der Waals surface area contributed by atoms with Crippen molar-refractivity contribution in [2.45, 2.75) is 18.9 Å². The van der Waals surface area contributed by atoms with Gasteiger partial charge in [0.15, 0.2) is 5.82 Å². The molecule has 1 aromatic heterocycles. The van der Waals surface area contributed by atoms with E-state index in [9.17, 15) is 4.79 Å². The number of nitrogen functional groups attached to an aromatic ring is 1. The van der Waals surface area contributed by atoms with Crippen LogP contribution in [0.25, 0.3) is 0 Å². The van der Waals surface area contributed by atoms with Crippen LogP contribution in [-0.2, 0) is 0 Å². The van der Waals surface area contributed by atoms with Crippen LogP contribution >= 0.6 is 15.9 Å². The van der Waals surface area contributed by atoms with E-state index in [0.29, 0.717) is 17.7 Å². The quantitative estimate of drug-likeness (QED) is 0.853. The van der Waals surface area contributed by atoms with Crippen molar-refractivity contribution in [1.29, 1.82) is 0 Å². The van der Waals surface area contributed by atoms with Gasteiger partial charge in [-0.15, -0.1) is 0 Å². The van der Waals surface area contributed by atoms with Gasteiger partial charge in [0.1, 0.15) is 10.7 Å². The van der Waals surface area contributed by atoms with Crippen LogP contribution < -0.4 is 10.5 Å². The molecule has 0 spiro atoms. The third kappa shape index (κ3) is 3.00. The van der Waals surface area contributed by atoms with Crippen molar-refractivity contribution in [1.82, 2.24) is 14.9 Å². The Hall–Kier alpha value is -1.57. The van der Waals surface area contributed by atoms with E-state index in [4.69, 9.17) is 15.6 Å². The number of hydrogen-bond acceptors (Lipinski definition) is 5. The molecule has 1 aliphatic heterocycles. The lowest BCUT2D eigenvalue weighted by Gasteiger charge is -2.30. The van der Waals surface area contributed by atoms with Gasteiger partial charge >= 0.3 is 6.09 Å². The topological polar surface area (TPSA) is 102 Å². The fourth-order valence-electron chi connectivity index (χ4n) is 1.81.